The number of furan rings is 1. The van der Waals surface area contributed by atoms with Crippen molar-refractivity contribution in [3.05, 3.63) is 90.3 Å². The second-order valence-electron chi connectivity index (χ2n) is 9.08. The van der Waals surface area contributed by atoms with Crippen LogP contribution in [0.2, 0.25) is 0 Å². The van der Waals surface area contributed by atoms with Crippen LogP contribution in [-0.2, 0) is 16.0 Å². The van der Waals surface area contributed by atoms with Crippen LogP contribution in [0.1, 0.15) is 17.4 Å². The third-order valence-electron chi connectivity index (χ3n) is 6.84. The maximum atomic E-state index is 14.2. The Kier molecular flexibility index (Phi) is 7.51. The van der Waals surface area contributed by atoms with E-state index < -0.39 is 11.8 Å². The van der Waals surface area contributed by atoms with Crippen molar-refractivity contribution in [3.8, 4) is 0 Å². The number of anilines is 1. The first-order chi connectivity index (χ1) is 18.1. The highest BCUT2D eigenvalue weighted by atomic mass is 19.1. The molecule has 0 bridgehead atoms. The second kappa shape index (κ2) is 11.3. The maximum Gasteiger partial charge on any atom is 0.309 e. The zero-order valence-electron chi connectivity index (χ0n) is 20.5. The normalized spacial score (nSPS) is 15.0. The monoisotopic (exact) mass is 503 g/mol. The Hall–Kier alpha value is -4.11. The van der Waals surface area contributed by atoms with Gasteiger partial charge in [-0.25, -0.2) is 4.39 Å². The van der Waals surface area contributed by atoms with E-state index in [1.807, 2.05) is 47.5 Å². The number of nitrogens with zero attached hydrogens (tertiary/aromatic N) is 2. The molecule has 3 heterocycles. The van der Waals surface area contributed by atoms with E-state index in [1.54, 1.807) is 24.5 Å². The van der Waals surface area contributed by atoms with Gasteiger partial charge in [-0.2, -0.15) is 0 Å². The lowest BCUT2D eigenvalue weighted by molar-refractivity contribution is -0.139. The number of hydrogen-bond donors (Lipinski definition) is 3. The van der Waals surface area contributed by atoms with Crippen LogP contribution in [0.25, 0.3) is 10.9 Å². The highest BCUT2D eigenvalue weighted by Gasteiger charge is 2.28. The number of carbonyl (C=O) groups excluding carboxylic acids is 2. The molecule has 2 aromatic heterocycles. The number of fused-ring (bicyclic) bond motifs is 1. The molecule has 4 aromatic rings. The number of H-pyrrole nitrogens is 1. The standard InChI is InChI=1S/C28H30FN5O3/c29-22-7-2-4-9-24(22)33-13-15-34(16-14-33)25(26-10-5-17-37-26)19-32-28(36)27(35)30-12-11-20-18-31-23-8-3-1-6-21(20)23/h1-10,17-18,25,31H,11-16,19H2,(H,30,35)(H,32,36)/t25-/m0/s1. The Morgan fingerprint density at radius 3 is 2.49 bits per heavy atom. The minimum atomic E-state index is -0.680. The van der Waals surface area contributed by atoms with Gasteiger partial charge in [-0.15, -0.1) is 0 Å². The molecule has 1 fully saturated rings. The molecule has 9 heteroatoms. The molecular formula is C28H30FN5O3. The quantitative estimate of drug-likeness (QED) is 0.321. The van der Waals surface area contributed by atoms with Gasteiger partial charge in [-0.3, -0.25) is 14.5 Å². The van der Waals surface area contributed by atoms with E-state index in [0.29, 0.717) is 50.6 Å². The van der Waals surface area contributed by atoms with E-state index in [4.69, 9.17) is 4.42 Å². The molecule has 1 atom stereocenters. The van der Waals surface area contributed by atoms with Crippen molar-refractivity contribution in [1.82, 2.24) is 20.5 Å². The van der Waals surface area contributed by atoms with Crippen molar-refractivity contribution in [1.29, 1.82) is 0 Å². The van der Waals surface area contributed by atoms with Crippen LogP contribution in [0.15, 0.2) is 77.5 Å². The number of aromatic amines is 1. The van der Waals surface area contributed by atoms with Crippen molar-refractivity contribution in [3.63, 3.8) is 0 Å². The van der Waals surface area contributed by atoms with Crippen LogP contribution in [0.4, 0.5) is 10.1 Å². The smallest absolute Gasteiger partial charge is 0.309 e. The molecule has 2 aromatic carbocycles. The van der Waals surface area contributed by atoms with Gasteiger partial charge in [0.2, 0.25) is 0 Å². The number of rotatable bonds is 8. The van der Waals surface area contributed by atoms with Crippen LogP contribution >= 0.6 is 0 Å². The first-order valence-electron chi connectivity index (χ1n) is 12.5. The largest absolute Gasteiger partial charge is 0.468 e. The molecule has 2 amide bonds. The Morgan fingerprint density at radius 1 is 0.946 bits per heavy atom. The SMILES string of the molecule is O=C(NCCc1c[nH]c2ccccc12)C(=O)NC[C@@H](c1ccco1)N1CCN(c2ccccc2F)CC1. The van der Waals surface area contributed by atoms with Crippen LogP contribution < -0.4 is 15.5 Å². The third-order valence-corrected chi connectivity index (χ3v) is 6.84. The summed E-state index contributed by atoms with van der Waals surface area (Å²) in [6, 6.07) is 18.2. The Morgan fingerprint density at radius 2 is 1.70 bits per heavy atom. The molecule has 0 aliphatic carbocycles. The van der Waals surface area contributed by atoms with Gasteiger partial charge in [0.05, 0.1) is 18.0 Å². The lowest BCUT2D eigenvalue weighted by Crippen LogP contribution is -2.51. The van der Waals surface area contributed by atoms with Gasteiger partial charge in [-0.05, 0) is 42.3 Å². The number of halogens is 1. The van der Waals surface area contributed by atoms with Gasteiger partial charge < -0.3 is 24.9 Å². The zero-order chi connectivity index (χ0) is 25.6. The molecule has 192 valence electrons. The first kappa shape index (κ1) is 24.6. The molecule has 0 radical (unpaired) electrons. The van der Waals surface area contributed by atoms with E-state index in [1.165, 1.54) is 6.07 Å². The summed E-state index contributed by atoms with van der Waals surface area (Å²) in [6.07, 6.45) is 4.14. The predicted molar refractivity (Wildman–Crippen MR) is 140 cm³/mol. The number of hydrogen-bond acceptors (Lipinski definition) is 5. The molecule has 1 aliphatic heterocycles. The number of para-hydroxylation sites is 2. The molecule has 0 spiro atoms. The predicted octanol–water partition coefficient (Wildman–Crippen LogP) is 3.24. The summed E-state index contributed by atoms with van der Waals surface area (Å²) in [5, 5.41) is 6.58. The molecule has 0 unspecified atom stereocenters. The summed E-state index contributed by atoms with van der Waals surface area (Å²) in [7, 11) is 0. The Labute approximate surface area is 214 Å². The fourth-order valence-electron chi connectivity index (χ4n) is 4.87. The van der Waals surface area contributed by atoms with Crippen LogP contribution in [0.3, 0.4) is 0 Å². The summed E-state index contributed by atoms with van der Waals surface area (Å²) >= 11 is 0. The minimum absolute atomic E-state index is 0.224. The van der Waals surface area contributed by atoms with Crippen LogP contribution in [-0.4, -0.2) is 61.0 Å². The highest BCUT2D eigenvalue weighted by Crippen LogP contribution is 2.25. The Balaban J connectivity index is 1.13. The molecule has 37 heavy (non-hydrogen) atoms. The second-order valence-corrected chi connectivity index (χ2v) is 9.08. The lowest BCUT2D eigenvalue weighted by atomic mass is 10.1. The Bertz CT molecular complexity index is 1340. The van der Waals surface area contributed by atoms with Crippen molar-refractivity contribution < 1.29 is 18.4 Å². The van der Waals surface area contributed by atoms with E-state index >= 15 is 0 Å². The third kappa shape index (κ3) is 5.67. The number of benzene rings is 2. The van der Waals surface area contributed by atoms with E-state index in [-0.39, 0.29) is 18.4 Å². The molecule has 5 rings (SSSR count). The van der Waals surface area contributed by atoms with Gasteiger partial charge in [0.1, 0.15) is 11.6 Å². The van der Waals surface area contributed by atoms with E-state index in [9.17, 15) is 14.0 Å². The van der Waals surface area contributed by atoms with Crippen LogP contribution in [0, 0.1) is 5.82 Å². The molecule has 8 nitrogen and oxygen atoms in total. The molecule has 0 saturated carbocycles. The van der Waals surface area contributed by atoms with E-state index in [2.05, 4.69) is 20.5 Å². The van der Waals surface area contributed by atoms with Gasteiger partial charge in [-0.1, -0.05) is 30.3 Å². The summed E-state index contributed by atoms with van der Waals surface area (Å²) in [4.78, 5) is 32.4. The average Bonchev–Trinajstić information content (AvgIpc) is 3.60. The summed E-state index contributed by atoms with van der Waals surface area (Å²) in [5.74, 6) is -0.872. The lowest BCUT2D eigenvalue weighted by Gasteiger charge is -2.39. The fourth-order valence-corrected chi connectivity index (χ4v) is 4.87. The highest BCUT2D eigenvalue weighted by molar-refractivity contribution is 6.35. The van der Waals surface area contributed by atoms with Gasteiger partial charge in [0.15, 0.2) is 0 Å². The summed E-state index contributed by atoms with van der Waals surface area (Å²) in [6.45, 7) is 3.18. The topological polar surface area (TPSA) is 93.6 Å². The van der Waals surface area contributed by atoms with Crippen molar-refractivity contribution in [2.45, 2.75) is 12.5 Å². The molecular weight excluding hydrogens is 473 g/mol. The van der Waals surface area contributed by atoms with E-state index in [0.717, 1.165) is 16.5 Å². The summed E-state index contributed by atoms with van der Waals surface area (Å²) in [5.41, 5.74) is 2.72. The van der Waals surface area contributed by atoms with Crippen molar-refractivity contribution in [2.24, 2.45) is 0 Å². The number of amides is 2. The maximum absolute atomic E-state index is 14.2. The van der Waals surface area contributed by atoms with Gasteiger partial charge in [0.25, 0.3) is 0 Å². The van der Waals surface area contributed by atoms with Crippen molar-refractivity contribution >= 4 is 28.4 Å². The van der Waals surface area contributed by atoms with Gasteiger partial charge in [0, 0.05) is 56.4 Å². The average molecular weight is 504 g/mol. The van der Waals surface area contributed by atoms with Gasteiger partial charge >= 0.3 is 11.8 Å². The summed E-state index contributed by atoms with van der Waals surface area (Å²) < 4.78 is 19.9. The van der Waals surface area contributed by atoms with Crippen molar-refractivity contribution in [2.75, 3.05) is 44.2 Å². The first-order valence-corrected chi connectivity index (χ1v) is 12.5. The zero-order valence-corrected chi connectivity index (χ0v) is 20.5. The molecule has 3 N–H and O–H groups in total. The fraction of sp³-hybridized carbons (Fsp3) is 0.286. The number of piperazine rings is 1. The molecule has 1 saturated heterocycles. The molecule has 1 aliphatic rings. The van der Waals surface area contributed by atoms with Crippen LogP contribution in [0.5, 0.6) is 0 Å². The minimum Gasteiger partial charge on any atom is -0.468 e. The number of nitrogens with one attached hydrogen (secondary N) is 3. The number of aromatic nitrogens is 1. The number of carbonyl (C=O) groups is 2.